The van der Waals surface area contributed by atoms with Crippen molar-refractivity contribution in [3.8, 4) is 0 Å². The molecule has 1 aromatic rings. The van der Waals surface area contributed by atoms with Gasteiger partial charge in [0.25, 0.3) is 5.91 Å². The van der Waals surface area contributed by atoms with Crippen LogP contribution in [0.15, 0.2) is 18.2 Å². The van der Waals surface area contributed by atoms with Crippen LogP contribution in [0, 0.1) is 11.6 Å². The van der Waals surface area contributed by atoms with Gasteiger partial charge in [0.2, 0.25) is 0 Å². The van der Waals surface area contributed by atoms with E-state index in [0.717, 1.165) is 31.5 Å². The Morgan fingerprint density at radius 3 is 2.76 bits per heavy atom. The lowest BCUT2D eigenvalue weighted by Crippen LogP contribution is -2.53. The van der Waals surface area contributed by atoms with Crippen LogP contribution in [0.1, 0.15) is 23.2 Å². The fraction of sp³-hybridized carbons (Fsp3) is 0.500. The molecule has 2 rings (SSSR count). The van der Waals surface area contributed by atoms with E-state index >= 15 is 0 Å². The zero-order chi connectivity index (χ0) is 14.6. The normalized spacial score (nSPS) is 20.9. The Morgan fingerprint density at radius 1 is 1.43 bits per heavy atom. The Morgan fingerprint density at radius 2 is 2.19 bits per heavy atom. The van der Waals surface area contributed by atoms with E-state index in [9.17, 15) is 13.6 Å². The number of halogens is 3. The molecule has 1 amide bonds. The third kappa shape index (κ3) is 4.36. The summed E-state index contributed by atoms with van der Waals surface area (Å²) in [4.78, 5) is 11.9. The number of rotatable bonds is 5. The third-order valence-corrected chi connectivity index (χ3v) is 3.52. The minimum Gasteiger partial charge on any atom is -0.383 e. The summed E-state index contributed by atoms with van der Waals surface area (Å²) >= 11 is 0. The van der Waals surface area contributed by atoms with E-state index in [1.807, 2.05) is 0 Å². The smallest absolute Gasteiger partial charge is 0.251 e. The van der Waals surface area contributed by atoms with E-state index in [1.54, 1.807) is 7.11 Å². The molecule has 0 aromatic heterocycles. The van der Waals surface area contributed by atoms with Crippen LogP contribution in [0.2, 0.25) is 0 Å². The van der Waals surface area contributed by atoms with Crippen LogP contribution in [-0.2, 0) is 4.74 Å². The molecule has 0 saturated carbocycles. The number of amides is 1. The monoisotopic (exact) mass is 320 g/mol. The molecule has 0 spiro atoms. The van der Waals surface area contributed by atoms with Crippen molar-refractivity contribution in [2.75, 3.05) is 26.8 Å². The first-order valence-electron chi connectivity index (χ1n) is 6.53. The standard InChI is InChI=1S/C14H18F2N2O2.ClH/c1-20-9-14(5-2-6-18-14)8-17-13(19)10-3-4-11(15)12(16)7-10;/h3-4,7,18H,2,5-6,8-9H2,1H3,(H,17,19);1H. The Bertz CT molecular complexity index is 494. The third-order valence-electron chi connectivity index (χ3n) is 3.52. The van der Waals surface area contributed by atoms with Crippen LogP contribution in [0.4, 0.5) is 8.78 Å². The Balaban J connectivity index is 0.00000220. The summed E-state index contributed by atoms with van der Waals surface area (Å²) in [6.07, 6.45) is 1.92. The van der Waals surface area contributed by atoms with E-state index in [4.69, 9.17) is 4.74 Å². The molecule has 1 aliphatic heterocycles. The van der Waals surface area contributed by atoms with Crippen molar-refractivity contribution in [1.82, 2.24) is 10.6 Å². The van der Waals surface area contributed by atoms with Crippen molar-refractivity contribution in [3.05, 3.63) is 35.4 Å². The maximum absolute atomic E-state index is 13.1. The van der Waals surface area contributed by atoms with Crippen LogP contribution in [0.3, 0.4) is 0 Å². The highest BCUT2D eigenvalue weighted by Gasteiger charge is 2.33. The Labute approximate surface area is 128 Å². The summed E-state index contributed by atoms with van der Waals surface area (Å²) in [7, 11) is 1.61. The summed E-state index contributed by atoms with van der Waals surface area (Å²) in [6, 6.07) is 3.11. The minimum atomic E-state index is -1.02. The second kappa shape index (κ2) is 7.68. The van der Waals surface area contributed by atoms with Crippen molar-refractivity contribution < 1.29 is 18.3 Å². The highest BCUT2D eigenvalue weighted by molar-refractivity contribution is 5.94. The van der Waals surface area contributed by atoms with Gasteiger partial charge in [-0.25, -0.2) is 8.78 Å². The molecule has 0 radical (unpaired) electrons. The first kappa shape index (κ1) is 17.8. The van der Waals surface area contributed by atoms with E-state index < -0.39 is 17.5 Å². The van der Waals surface area contributed by atoms with E-state index in [-0.39, 0.29) is 23.5 Å². The van der Waals surface area contributed by atoms with Gasteiger partial charge >= 0.3 is 0 Å². The second-order valence-electron chi connectivity index (χ2n) is 5.06. The topological polar surface area (TPSA) is 50.4 Å². The molecule has 0 aliphatic carbocycles. The predicted octanol–water partition coefficient (Wildman–Crippen LogP) is 1.89. The van der Waals surface area contributed by atoms with Crippen molar-refractivity contribution >= 4 is 18.3 Å². The molecule has 1 aromatic carbocycles. The average Bonchev–Trinajstić information content (AvgIpc) is 2.89. The molecule has 1 fully saturated rings. The Hall–Kier alpha value is -1.24. The molecule has 0 bridgehead atoms. The number of ether oxygens (including phenoxy) is 1. The lowest BCUT2D eigenvalue weighted by atomic mass is 9.98. The molecule has 1 aliphatic rings. The molecule has 1 heterocycles. The fourth-order valence-corrected chi connectivity index (χ4v) is 2.46. The number of methoxy groups -OCH3 is 1. The van der Waals surface area contributed by atoms with Gasteiger partial charge < -0.3 is 15.4 Å². The van der Waals surface area contributed by atoms with E-state index in [0.29, 0.717) is 13.2 Å². The maximum Gasteiger partial charge on any atom is 0.251 e. The molecule has 1 atom stereocenters. The summed E-state index contributed by atoms with van der Waals surface area (Å²) in [6.45, 7) is 1.76. The Kier molecular flexibility index (Phi) is 6.51. The first-order chi connectivity index (χ1) is 9.56. The second-order valence-corrected chi connectivity index (χ2v) is 5.06. The fourth-order valence-electron chi connectivity index (χ4n) is 2.46. The number of carbonyl (C=O) groups is 1. The van der Waals surface area contributed by atoms with Gasteiger partial charge in [0, 0.05) is 19.2 Å². The van der Waals surface area contributed by atoms with Crippen molar-refractivity contribution in [3.63, 3.8) is 0 Å². The van der Waals surface area contributed by atoms with Gasteiger partial charge in [-0.1, -0.05) is 0 Å². The number of hydrogen-bond acceptors (Lipinski definition) is 3. The SMILES string of the molecule is COCC1(CNC(=O)c2ccc(F)c(F)c2)CCCN1.Cl. The lowest BCUT2D eigenvalue weighted by Gasteiger charge is -2.28. The number of carbonyl (C=O) groups excluding carboxylic acids is 1. The van der Waals surface area contributed by atoms with Gasteiger partial charge in [0.15, 0.2) is 11.6 Å². The number of benzene rings is 1. The van der Waals surface area contributed by atoms with Gasteiger partial charge in [0.05, 0.1) is 12.1 Å². The van der Waals surface area contributed by atoms with E-state index in [2.05, 4.69) is 10.6 Å². The first-order valence-corrected chi connectivity index (χ1v) is 6.53. The van der Waals surface area contributed by atoms with Crippen molar-refractivity contribution in [2.24, 2.45) is 0 Å². The molecule has 118 valence electrons. The highest BCUT2D eigenvalue weighted by atomic mass is 35.5. The molecular weight excluding hydrogens is 302 g/mol. The van der Waals surface area contributed by atoms with Crippen LogP contribution in [0.25, 0.3) is 0 Å². The lowest BCUT2D eigenvalue weighted by molar-refractivity contribution is 0.0891. The number of hydrogen-bond donors (Lipinski definition) is 2. The molecule has 21 heavy (non-hydrogen) atoms. The van der Waals surface area contributed by atoms with Crippen LogP contribution >= 0.6 is 12.4 Å². The molecule has 4 nitrogen and oxygen atoms in total. The minimum absolute atomic E-state index is 0. The van der Waals surface area contributed by atoms with Crippen LogP contribution in [0.5, 0.6) is 0 Å². The summed E-state index contributed by atoms with van der Waals surface area (Å²) in [5.41, 5.74) is -0.169. The molecule has 2 N–H and O–H groups in total. The summed E-state index contributed by atoms with van der Waals surface area (Å²) in [5, 5.41) is 6.07. The average molecular weight is 321 g/mol. The van der Waals surface area contributed by atoms with Crippen molar-refractivity contribution in [1.29, 1.82) is 0 Å². The zero-order valence-corrected chi connectivity index (χ0v) is 12.6. The molecule has 1 saturated heterocycles. The quantitative estimate of drug-likeness (QED) is 0.871. The summed E-state index contributed by atoms with van der Waals surface area (Å²) < 4.78 is 31.1. The summed E-state index contributed by atoms with van der Waals surface area (Å²) in [5.74, 6) is -2.41. The van der Waals surface area contributed by atoms with Gasteiger partial charge in [-0.15, -0.1) is 12.4 Å². The van der Waals surface area contributed by atoms with Gasteiger partial charge in [-0.2, -0.15) is 0 Å². The van der Waals surface area contributed by atoms with Crippen LogP contribution < -0.4 is 10.6 Å². The van der Waals surface area contributed by atoms with Gasteiger partial charge in [-0.3, -0.25) is 4.79 Å². The van der Waals surface area contributed by atoms with Crippen LogP contribution in [-0.4, -0.2) is 38.3 Å². The molecular formula is C14H19ClF2N2O2. The molecule has 1 unspecified atom stereocenters. The molecule has 7 heteroatoms. The largest absolute Gasteiger partial charge is 0.383 e. The van der Waals surface area contributed by atoms with Gasteiger partial charge in [-0.05, 0) is 37.6 Å². The van der Waals surface area contributed by atoms with Gasteiger partial charge in [0.1, 0.15) is 0 Å². The van der Waals surface area contributed by atoms with Crippen molar-refractivity contribution in [2.45, 2.75) is 18.4 Å². The zero-order valence-electron chi connectivity index (χ0n) is 11.7. The van der Waals surface area contributed by atoms with E-state index in [1.165, 1.54) is 6.07 Å². The highest BCUT2D eigenvalue weighted by Crippen LogP contribution is 2.19. The number of nitrogens with one attached hydrogen (secondary N) is 2. The maximum atomic E-state index is 13.1. The predicted molar refractivity (Wildman–Crippen MR) is 77.8 cm³/mol.